The van der Waals surface area contributed by atoms with Crippen molar-refractivity contribution >= 4 is 5.91 Å². The first-order chi connectivity index (χ1) is 66.5. The van der Waals surface area contributed by atoms with Crippen molar-refractivity contribution < 1.29 is 14.3 Å². The van der Waals surface area contributed by atoms with Crippen molar-refractivity contribution in [2.75, 3.05) is 250 Å². The molecule has 3 atom stereocenters. The normalized spacial score (nSPS) is 25.2. The molecule has 11 heterocycles. The van der Waals surface area contributed by atoms with E-state index in [1.54, 1.807) is 0 Å². The second-order valence-corrected chi connectivity index (χ2v) is 54.8. The molecule has 832 valence electrons. The van der Waals surface area contributed by atoms with E-state index in [9.17, 15) is 4.79 Å². The maximum absolute atomic E-state index is 12.0. The third-order valence-electron chi connectivity index (χ3n) is 36.6. The molecule has 141 heavy (non-hydrogen) atoms. The maximum atomic E-state index is 12.0. The quantitative estimate of drug-likeness (QED) is 0.0596. The van der Waals surface area contributed by atoms with Gasteiger partial charge in [0.1, 0.15) is 0 Å². The zero-order chi connectivity index (χ0) is 104. The average Bonchev–Trinajstić information content (AvgIpc) is 1.55. The van der Waals surface area contributed by atoms with Gasteiger partial charge in [0.2, 0.25) is 5.91 Å². The highest BCUT2D eigenvalue weighted by atomic mass is 16.5. The van der Waals surface area contributed by atoms with Gasteiger partial charge in [-0.25, -0.2) is 0 Å². The summed E-state index contributed by atoms with van der Waals surface area (Å²) in [6.45, 7) is 119. The van der Waals surface area contributed by atoms with Gasteiger partial charge in [-0.05, 0) is 426 Å². The second kappa shape index (κ2) is 63.4. The summed E-state index contributed by atoms with van der Waals surface area (Å²) in [5.74, 6) is 12.0. The number of piperazine rings is 3. The van der Waals surface area contributed by atoms with Crippen LogP contribution in [0.1, 0.15) is 363 Å². The molecular formula is C122H246N16O3. The van der Waals surface area contributed by atoms with Gasteiger partial charge in [0.25, 0.3) is 0 Å². The lowest BCUT2D eigenvalue weighted by Gasteiger charge is -2.54. The van der Waals surface area contributed by atoms with Gasteiger partial charge in [-0.15, -0.1) is 0 Å². The number of carbonyl (C=O) groups excluding carboxylic acids is 1. The molecule has 0 N–H and O–H groups in total. The molecule has 0 aromatic rings. The Morgan fingerprint density at radius 3 is 1.14 bits per heavy atom. The lowest BCUT2D eigenvalue weighted by atomic mass is 9.55. The van der Waals surface area contributed by atoms with Gasteiger partial charge in [-0.2, -0.15) is 0 Å². The number of piperidine rings is 5. The Balaban J connectivity index is 0.000000221. The van der Waals surface area contributed by atoms with Crippen LogP contribution in [0.25, 0.3) is 0 Å². The molecule has 0 aromatic heterocycles. The predicted molar refractivity (Wildman–Crippen MR) is 611 cm³/mol. The van der Waals surface area contributed by atoms with Crippen LogP contribution in [-0.2, 0) is 14.3 Å². The van der Waals surface area contributed by atoms with Gasteiger partial charge in [0.15, 0.2) is 0 Å². The van der Waals surface area contributed by atoms with Crippen molar-refractivity contribution in [2.45, 2.75) is 441 Å². The fourth-order valence-corrected chi connectivity index (χ4v) is 26.2. The second-order valence-electron chi connectivity index (χ2n) is 54.8. The third kappa shape index (κ3) is 44.8. The molecule has 0 aromatic carbocycles. The van der Waals surface area contributed by atoms with E-state index in [2.05, 4.69) is 302 Å². The Hall–Kier alpha value is -1.21. The highest BCUT2D eigenvalue weighted by Crippen LogP contribution is 2.55. The van der Waals surface area contributed by atoms with Gasteiger partial charge < -0.3 is 58.5 Å². The van der Waals surface area contributed by atoms with Gasteiger partial charge in [-0.1, -0.05) is 125 Å². The van der Waals surface area contributed by atoms with E-state index in [1.165, 1.54) is 325 Å². The zero-order valence-corrected chi connectivity index (χ0v) is 101. The van der Waals surface area contributed by atoms with Crippen molar-refractivity contribution in [1.29, 1.82) is 0 Å². The van der Waals surface area contributed by atoms with Crippen molar-refractivity contribution in [3.63, 3.8) is 0 Å². The smallest absolute Gasteiger partial charge is 0.225 e. The number of amides is 1. The average molecular weight is 1990 g/mol. The van der Waals surface area contributed by atoms with Gasteiger partial charge in [0.05, 0.1) is 18.8 Å². The number of carbonyl (C=O) groups is 1. The number of hydrogen-bond acceptors (Lipinski definition) is 18. The first-order valence-electron chi connectivity index (χ1n) is 60.9. The summed E-state index contributed by atoms with van der Waals surface area (Å²) < 4.78 is 11.3. The molecule has 19 heteroatoms. The Morgan fingerprint density at radius 2 is 0.745 bits per heavy atom. The number of likely N-dealkylation sites (N-methyl/N-ethyl adjacent to an activating group) is 1. The Morgan fingerprint density at radius 1 is 0.348 bits per heavy atom. The first kappa shape index (κ1) is 127. The Labute approximate surface area is 878 Å². The molecule has 3 aliphatic carbocycles. The molecule has 14 rings (SSSR count). The fraction of sp³-hybridized carbons (Fsp3) is 0.992. The van der Waals surface area contributed by atoms with Crippen molar-refractivity contribution in [3.8, 4) is 0 Å². The summed E-state index contributed by atoms with van der Waals surface area (Å²) in [4.78, 5) is 53.4. The third-order valence-corrected chi connectivity index (χ3v) is 36.6. The Kier molecular flexibility index (Phi) is 57.0. The van der Waals surface area contributed by atoms with E-state index in [-0.39, 0.29) is 5.92 Å². The van der Waals surface area contributed by atoms with Crippen molar-refractivity contribution in [3.05, 3.63) is 0 Å². The minimum Gasteiger partial charge on any atom is -0.383 e. The summed E-state index contributed by atoms with van der Waals surface area (Å²) in [7, 11) is 6.34. The summed E-state index contributed by atoms with van der Waals surface area (Å²) in [6.07, 6.45) is 31.0. The van der Waals surface area contributed by atoms with E-state index in [0.29, 0.717) is 53.9 Å². The van der Waals surface area contributed by atoms with Crippen LogP contribution in [0.15, 0.2) is 0 Å². The molecule has 11 saturated heterocycles. The van der Waals surface area contributed by atoms with Crippen LogP contribution in [-0.4, -0.2) is 413 Å². The number of rotatable bonds is 36. The van der Waals surface area contributed by atoms with Crippen LogP contribution in [0.5, 0.6) is 0 Å². The lowest BCUT2D eigenvalue weighted by molar-refractivity contribution is -0.136. The Bertz CT molecular complexity index is 3150. The molecule has 3 saturated carbocycles. The molecule has 14 fully saturated rings. The minimum atomic E-state index is 0.137. The van der Waals surface area contributed by atoms with E-state index >= 15 is 0 Å². The van der Waals surface area contributed by atoms with Crippen molar-refractivity contribution in [1.82, 2.24) is 78.4 Å². The lowest BCUT2D eigenvalue weighted by Crippen LogP contribution is -2.60. The number of methoxy groups -OCH3 is 1. The molecule has 11 aliphatic heterocycles. The fourth-order valence-electron chi connectivity index (χ4n) is 26.2. The molecule has 0 bridgehead atoms. The standard InChI is InChI=1S/C20H41N3O.C20H39N3.C18H35N3O.2C15H29N.C12H26N2.C11H24N2.C11H23NO/c1-17(2)14-23-13-12-21(15-20(23)16-24-5)9-6-19-7-10-22(11-8-19)18(3)4;1-17(2)15-23-14-13-21(16-20(23)8-9-20)10-5-19-6-11-22(12-7-19)18(3)4;1-15(2)18(22)21-13-11-19(12-14-21)8-5-17-6-9-20(10-7-17)16(3)4;1-12(2)11-16-7-5-15(6-8-16)9-14(10-15)13(3)4;1-12(2)9-16-10-15(11-16)7-5-14(6-8-15)13(3)4;1-10(2)13(5)12-6-8-14(9-7-12)11(3)4;1-9(2)6-13-7-11(8-13)12(5)10(3)4;1-8(2)6-12-7-11(10(12)5)13-9(3)4/h17-20H,6-16H2,1-5H3;17-19H,5-16H2,1-4H3;15-17H,5-14H2,1-4H3;2*12-14H,5-11H2,1-4H3;10-12H,6-9H2,1-5H3;9-11H,6-8H2,1-5H3;8-11H,6-7H2,1-5H3. The number of likely N-dealkylation sites (tertiary alicyclic amines) is 8. The van der Waals surface area contributed by atoms with E-state index in [0.717, 1.165) is 157 Å². The highest BCUT2D eigenvalue weighted by molar-refractivity contribution is 5.78. The van der Waals surface area contributed by atoms with Crippen LogP contribution in [0, 0.1) is 93.7 Å². The van der Waals surface area contributed by atoms with Gasteiger partial charge in [0, 0.05) is 216 Å². The molecule has 3 spiro atoms. The predicted octanol–water partition coefficient (Wildman–Crippen LogP) is 22.0. The molecule has 19 nitrogen and oxygen atoms in total. The molecule has 3 unspecified atom stereocenters. The van der Waals surface area contributed by atoms with Crippen LogP contribution in [0.3, 0.4) is 0 Å². The number of hydrogen-bond donors (Lipinski definition) is 0. The summed E-state index contributed by atoms with van der Waals surface area (Å²) in [5, 5.41) is 0. The minimum absolute atomic E-state index is 0.137. The van der Waals surface area contributed by atoms with Crippen molar-refractivity contribution in [2.24, 2.45) is 93.7 Å². The van der Waals surface area contributed by atoms with Gasteiger partial charge >= 0.3 is 0 Å². The van der Waals surface area contributed by atoms with Crippen LogP contribution in [0.4, 0.5) is 0 Å². The van der Waals surface area contributed by atoms with Crippen LogP contribution < -0.4 is 0 Å². The molecule has 1 amide bonds. The highest BCUT2D eigenvalue weighted by Gasteiger charge is 2.52. The maximum Gasteiger partial charge on any atom is 0.225 e. The number of nitrogens with zero attached hydrogens (tertiary/aromatic N) is 16. The van der Waals surface area contributed by atoms with E-state index in [4.69, 9.17) is 9.47 Å². The van der Waals surface area contributed by atoms with E-state index in [1.807, 2.05) is 25.9 Å². The molecule has 14 aliphatic rings. The number of ether oxygens (including phenoxy) is 2. The molecular weight excluding hydrogens is 1740 g/mol. The summed E-state index contributed by atoms with van der Waals surface area (Å²) in [5.41, 5.74) is 2.12. The van der Waals surface area contributed by atoms with Crippen LogP contribution in [0.2, 0.25) is 0 Å². The monoisotopic (exact) mass is 1980 g/mol. The topological polar surface area (TPSA) is 87.4 Å². The van der Waals surface area contributed by atoms with Crippen LogP contribution >= 0.6 is 0 Å². The zero-order valence-electron chi connectivity index (χ0n) is 101. The largest absolute Gasteiger partial charge is 0.383 e. The summed E-state index contributed by atoms with van der Waals surface area (Å²) in [6, 6.07) is 7.06. The molecule has 0 radical (unpaired) electrons. The summed E-state index contributed by atoms with van der Waals surface area (Å²) >= 11 is 0. The van der Waals surface area contributed by atoms with E-state index < -0.39 is 0 Å². The SMILES string of the molecule is CC(C)C(=O)N1CCN(CCC2CCN(C(C)C)CC2)CC1.CC(C)CN1CC(N(C)C(C)C)C1.CC(C)CN1CC(OC(C)C)C1C.CC(C)CN1CC2(CCC(C(C)C)CC2)C1.CC(C)CN1CCC2(CC1)CC(C(C)C)C2.CC(C)CN1CCN(CCC2CCN(C(C)C)CC2)CC12CC2.CC(C)N1CCC(N(C)C(C)C)CC1.COCC1CN(CCC2CCN(C(C)C)CC2)CCN1CC(C)C. The first-order valence-corrected chi connectivity index (χ1v) is 60.9. The van der Waals surface area contributed by atoms with Gasteiger partial charge in [-0.3, -0.25) is 34.2 Å².